The average molecular weight is 339 g/mol. The Hall–Kier alpha value is -2.70. The van der Waals surface area contributed by atoms with Gasteiger partial charge in [0.15, 0.2) is 0 Å². The van der Waals surface area contributed by atoms with Crippen molar-refractivity contribution in [1.29, 1.82) is 0 Å². The third-order valence-electron chi connectivity index (χ3n) is 3.63. The number of hydrogen-bond donors (Lipinski definition) is 2. The molecule has 0 unspecified atom stereocenters. The summed E-state index contributed by atoms with van der Waals surface area (Å²) in [6, 6.07) is 7.91. The lowest BCUT2D eigenvalue weighted by molar-refractivity contribution is -0.138. The summed E-state index contributed by atoms with van der Waals surface area (Å²) < 4.78 is 39.2. The van der Waals surface area contributed by atoms with Crippen LogP contribution in [0.2, 0.25) is 0 Å². The molecule has 128 valence electrons. The third kappa shape index (κ3) is 3.79. The molecule has 0 aliphatic heterocycles. The Bertz CT molecular complexity index is 772. The molecule has 0 saturated carbocycles. The van der Waals surface area contributed by atoms with Crippen LogP contribution in [-0.4, -0.2) is 23.2 Å². The number of nitrogens with zero attached hydrogens (tertiary/aromatic N) is 1. The van der Waals surface area contributed by atoms with Crippen molar-refractivity contribution in [3.05, 3.63) is 58.7 Å². The topological polar surface area (TPSA) is 60.8 Å². The van der Waals surface area contributed by atoms with Crippen LogP contribution in [0.3, 0.4) is 0 Å². The maximum Gasteiger partial charge on any atom is 0.417 e. The summed E-state index contributed by atoms with van der Waals surface area (Å²) >= 11 is 0. The first kappa shape index (κ1) is 17.7. The number of benzene rings is 2. The largest absolute Gasteiger partial charge is 0.508 e. The Morgan fingerprint density at radius 3 is 2.38 bits per heavy atom. The fraction of sp³-hybridized carbons (Fsp3) is 0.235. The number of aryl methyl sites for hydroxylation is 1. The van der Waals surface area contributed by atoms with Crippen molar-refractivity contribution in [1.82, 2.24) is 0 Å². The summed E-state index contributed by atoms with van der Waals surface area (Å²) in [5, 5.41) is 18.3. The van der Waals surface area contributed by atoms with Crippen molar-refractivity contribution >= 4 is 11.7 Å². The highest BCUT2D eigenvalue weighted by atomic mass is 19.4. The number of alkyl halides is 3. The van der Waals surface area contributed by atoms with E-state index >= 15 is 0 Å². The van der Waals surface area contributed by atoms with E-state index in [1.54, 1.807) is 31.0 Å². The van der Waals surface area contributed by atoms with E-state index in [2.05, 4.69) is 0 Å². The molecule has 4 nitrogen and oxygen atoms in total. The molecule has 0 spiro atoms. The summed E-state index contributed by atoms with van der Waals surface area (Å²) in [6.07, 6.45) is -4.74. The number of carbonyl (C=O) groups is 1. The number of carboxylic acids is 1. The highest BCUT2D eigenvalue weighted by Crippen LogP contribution is 2.33. The van der Waals surface area contributed by atoms with Crippen LogP contribution >= 0.6 is 0 Å². The lowest BCUT2D eigenvalue weighted by atomic mass is 10.0. The number of aromatic hydroxyl groups is 1. The molecular weight excluding hydrogens is 323 g/mol. The zero-order chi connectivity index (χ0) is 18.1. The molecule has 0 fully saturated rings. The highest BCUT2D eigenvalue weighted by Gasteiger charge is 2.35. The van der Waals surface area contributed by atoms with Gasteiger partial charge in [-0.25, -0.2) is 4.79 Å². The zero-order valence-corrected chi connectivity index (χ0v) is 13.1. The molecule has 0 heterocycles. The monoisotopic (exact) mass is 339 g/mol. The van der Waals surface area contributed by atoms with Crippen molar-refractivity contribution in [3.63, 3.8) is 0 Å². The summed E-state index contributed by atoms with van der Waals surface area (Å²) in [5.74, 6) is -1.51. The molecule has 0 aliphatic rings. The zero-order valence-electron chi connectivity index (χ0n) is 13.1. The standard InChI is InChI=1S/C17H16F3NO3/c1-10-7-12(22)4-6-15(10)21(2)9-11-3-5-13(16(23)24)14(8-11)17(18,19)20/h3-8,22H,9H2,1-2H3,(H,23,24). The van der Waals surface area contributed by atoms with E-state index in [9.17, 15) is 23.1 Å². The molecule has 0 aromatic heterocycles. The van der Waals surface area contributed by atoms with Gasteiger partial charge in [-0.2, -0.15) is 13.2 Å². The van der Waals surface area contributed by atoms with Crippen LogP contribution in [0.1, 0.15) is 27.0 Å². The Kier molecular flexibility index (Phi) is 4.73. The minimum absolute atomic E-state index is 0.106. The first-order chi connectivity index (χ1) is 11.1. The number of phenols is 1. The summed E-state index contributed by atoms with van der Waals surface area (Å²) in [7, 11) is 1.71. The number of hydrogen-bond acceptors (Lipinski definition) is 3. The fourth-order valence-corrected chi connectivity index (χ4v) is 2.54. The molecule has 2 aromatic carbocycles. The van der Waals surface area contributed by atoms with Crippen molar-refractivity contribution in [2.45, 2.75) is 19.6 Å². The molecule has 0 amide bonds. The van der Waals surface area contributed by atoms with E-state index in [1.165, 1.54) is 12.1 Å². The van der Waals surface area contributed by atoms with Gasteiger partial charge in [0, 0.05) is 19.3 Å². The van der Waals surface area contributed by atoms with Crippen LogP contribution in [0.4, 0.5) is 18.9 Å². The number of aromatic carboxylic acids is 1. The molecule has 2 rings (SSSR count). The first-order valence-corrected chi connectivity index (χ1v) is 7.03. The Morgan fingerprint density at radius 2 is 1.83 bits per heavy atom. The number of halogens is 3. The summed E-state index contributed by atoms with van der Waals surface area (Å²) in [6.45, 7) is 1.94. The minimum atomic E-state index is -4.74. The third-order valence-corrected chi connectivity index (χ3v) is 3.63. The number of phenolic OH excluding ortho intramolecular Hbond substituents is 1. The van der Waals surface area contributed by atoms with Gasteiger partial charge >= 0.3 is 12.1 Å². The van der Waals surface area contributed by atoms with Gasteiger partial charge in [-0.3, -0.25) is 0 Å². The second-order valence-electron chi connectivity index (χ2n) is 5.51. The Labute approximate surface area is 136 Å². The maximum absolute atomic E-state index is 13.1. The van der Waals surface area contributed by atoms with E-state index in [4.69, 9.17) is 5.11 Å². The van der Waals surface area contributed by atoms with Gasteiger partial charge in [-0.1, -0.05) is 6.07 Å². The van der Waals surface area contributed by atoms with Crippen LogP contribution in [0.25, 0.3) is 0 Å². The second-order valence-corrected chi connectivity index (χ2v) is 5.51. The minimum Gasteiger partial charge on any atom is -0.508 e. The molecule has 0 aliphatic carbocycles. The normalized spacial score (nSPS) is 11.4. The SMILES string of the molecule is Cc1cc(O)ccc1N(C)Cc1ccc(C(=O)O)c(C(F)(F)F)c1. The quantitative estimate of drug-likeness (QED) is 0.882. The lowest BCUT2D eigenvalue weighted by Gasteiger charge is -2.22. The fourth-order valence-electron chi connectivity index (χ4n) is 2.54. The van der Waals surface area contributed by atoms with Gasteiger partial charge in [0.1, 0.15) is 5.75 Å². The van der Waals surface area contributed by atoms with Crippen LogP contribution in [-0.2, 0) is 12.7 Å². The van der Waals surface area contributed by atoms with Crippen molar-refractivity contribution in [3.8, 4) is 5.75 Å². The van der Waals surface area contributed by atoms with Crippen LogP contribution in [0.15, 0.2) is 36.4 Å². The van der Waals surface area contributed by atoms with E-state index in [0.717, 1.165) is 23.4 Å². The van der Waals surface area contributed by atoms with Gasteiger partial charge in [-0.15, -0.1) is 0 Å². The Balaban J connectivity index is 2.34. The first-order valence-electron chi connectivity index (χ1n) is 7.03. The van der Waals surface area contributed by atoms with Crippen molar-refractivity contribution in [2.24, 2.45) is 0 Å². The highest BCUT2D eigenvalue weighted by molar-refractivity contribution is 5.89. The summed E-state index contributed by atoms with van der Waals surface area (Å²) in [5.41, 5.74) is -0.0697. The van der Waals surface area contributed by atoms with E-state index < -0.39 is 23.3 Å². The molecule has 0 radical (unpaired) electrons. The van der Waals surface area contributed by atoms with Gasteiger partial charge in [-0.05, 0) is 48.4 Å². The molecule has 2 N–H and O–H groups in total. The molecule has 2 aromatic rings. The van der Waals surface area contributed by atoms with Crippen LogP contribution in [0.5, 0.6) is 5.75 Å². The predicted octanol–water partition coefficient (Wildman–Crippen LogP) is 4.05. The molecule has 0 saturated heterocycles. The van der Waals surface area contributed by atoms with E-state index in [1.807, 2.05) is 0 Å². The molecule has 0 bridgehead atoms. The molecular formula is C17H16F3NO3. The van der Waals surface area contributed by atoms with Gasteiger partial charge in [0.2, 0.25) is 0 Å². The van der Waals surface area contributed by atoms with Crippen molar-refractivity contribution < 1.29 is 28.2 Å². The predicted molar refractivity (Wildman–Crippen MR) is 83.4 cm³/mol. The number of anilines is 1. The molecule has 24 heavy (non-hydrogen) atoms. The molecule has 0 atom stereocenters. The summed E-state index contributed by atoms with van der Waals surface area (Å²) in [4.78, 5) is 12.7. The maximum atomic E-state index is 13.1. The molecule has 7 heteroatoms. The van der Waals surface area contributed by atoms with Gasteiger partial charge in [0.25, 0.3) is 0 Å². The van der Waals surface area contributed by atoms with Gasteiger partial charge < -0.3 is 15.1 Å². The average Bonchev–Trinajstić information content (AvgIpc) is 2.45. The number of carboxylic acid groups (broad SMARTS) is 1. The Morgan fingerprint density at radius 1 is 1.17 bits per heavy atom. The number of rotatable bonds is 4. The van der Waals surface area contributed by atoms with E-state index in [0.29, 0.717) is 5.56 Å². The van der Waals surface area contributed by atoms with Gasteiger partial charge in [0.05, 0.1) is 11.1 Å². The van der Waals surface area contributed by atoms with Crippen LogP contribution < -0.4 is 4.90 Å². The van der Waals surface area contributed by atoms with Crippen LogP contribution in [0, 0.1) is 6.92 Å². The second kappa shape index (κ2) is 6.43. The van der Waals surface area contributed by atoms with Crippen molar-refractivity contribution in [2.75, 3.05) is 11.9 Å². The lowest BCUT2D eigenvalue weighted by Crippen LogP contribution is -2.19. The van der Waals surface area contributed by atoms with E-state index in [-0.39, 0.29) is 12.3 Å². The smallest absolute Gasteiger partial charge is 0.417 e.